The lowest BCUT2D eigenvalue weighted by Crippen LogP contribution is -2.19. The molecule has 1 aromatic rings. The van der Waals surface area contributed by atoms with E-state index in [0.717, 1.165) is 31.2 Å². The molecule has 20 heavy (non-hydrogen) atoms. The van der Waals surface area contributed by atoms with Gasteiger partial charge in [0.05, 0.1) is 6.61 Å². The van der Waals surface area contributed by atoms with Crippen molar-refractivity contribution in [3.05, 3.63) is 29.3 Å². The summed E-state index contributed by atoms with van der Waals surface area (Å²) in [5.74, 6) is 1.71. The fourth-order valence-electron chi connectivity index (χ4n) is 2.19. The molecule has 1 N–H and O–H groups in total. The molecule has 112 valence electrons. The fraction of sp³-hybridized carbons (Fsp3) is 0.647. The van der Waals surface area contributed by atoms with Crippen LogP contribution in [0, 0.1) is 12.8 Å². The fourth-order valence-corrected chi connectivity index (χ4v) is 2.19. The van der Waals surface area contributed by atoms with E-state index in [-0.39, 0.29) is 0 Å². The monoisotopic (exact) mass is 277 g/mol. The van der Waals surface area contributed by atoms with Crippen LogP contribution in [-0.2, 0) is 4.74 Å². The van der Waals surface area contributed by atoms with Crippen molar-refractivity contribution < 1.29 is 9.47 Å². The molecule has 0 heterocycles. The Bertz CT molecular complexity index is 415. The molecule has 3 nitrogen and oxygen atoms in total. The van der Waals surface area contributed by atoms with E-state index < -0.39 is 0 Å². The summed E-state index contributed by atoms with van der Waals surface area (Å²) in [6.45, 7) is 8.72. The van der Waals surface area contributed by atoms with Gasteiger partial charge in [-0.1, -0.05) is 19.1 Å². The Morgan fingerprint density at radius 3 is 2.80 bits per heavy atom. The van der Waals surface area contributed by atoms with Gasteiger partial charge in [-0.05, 0) is 62.8 Å². The summed E-state index contributed by atoms with van der Waals surface area (Å²) in [5.41, 5.74) is 2.48. The number of nitrogens with one attached hydrogen (secondary N) is 1. The van der Waals surface area contributed by atoms with Crippen LogP contribution in [0.4, 0.5) is 0 Å². The highest BCUT2D eigenvalue weighted by atomic mass is 16.7. The number of ether oxygens (including phenoxy) is 2. The van der Waals surface area contributed by atoms with Crippen molar-refractivity contribution in [2.75, 3.05) is 19.9 Å². The molecule has 2 rings (SSSR count). The molecular weight excluding hydrogens is 250 g/mol. The smallest absolute Gasteiger partial charge is 0.189 e. The molecule has 0 aliphatic heterocycles. The highest BCUT2D eigenvalue weighted by molar-refractivity contribution is 5.37. The molecule has 1 unspecified atom stereocenters. The number of hydrogen-bond donors (Lipinski definition) is 1. The van der Waals surface area contributed by atoms with E-state index in [0.29, 0.717) is 12.8 Å². The first-order chi connectivity index (χ1) is 9.70. The molecule has 3 heteroatoms. The van der Waals surface area contributed by atoms with Gasteiger partial charge in [-0.25, -0.2) is 0 Å². The third-order valence-corrected chi connectivity index (χ3v) is 3.75. The Labute approximate surface area is 122 Å². The first-order valence-corrected chi connectivity index (χ1v) is 7.75. The Balaban J connectivity index is 1.81. The lowest BCUT2D eigenvalue weighted by Gasteiger charge is -2.16. The van der Waals surface area contributed by atoms with E-state index in [1.165, 1.54) is 24.0 Å². The number of rotatable bonds is 9. The van der Waals surface area contributed by atoms with Gasteiger partial charge >= 0.3 is 0 Å². The van der Waals surface area contributed by atoms with Crippen LogP contribution >= 0.6 is 0 Å². The zero-order valence-corrected chi connectivity index (χ0v) is 12.9. The van der Waals surface area contributed by atoms with Gasteiger partial charge in [0.15, 0.2) is 6.79 Å². The van der Waals surface area contributed by atoms with E-state index in [1.807, 2.05) is 0 Å². The molecule has 1 aliphatic rings. The summed E-state index contributed by atoms with van der Waals surface area (Å²) in [4.78, 5) is 0. The van der Waals surface area contributed by atoms with Gasteiger partial charge in [-0.2, -0.15) is 0 Å². The second kappa shape index (κ2) is 7.65. The topological polar surface area (TPSA) is 30.5 Å². The van der Waals surface area contributed by atoms with Gasteiger partial charge in [0.2, 0.25) is 0 Å². The normalized spacial score (nSPS) is 16.1. The lowest BCUT2D eigenvalue weighted by molar-refractivity contribution is 0.00960. The lowest BCUT2D eigenvalue weighted by atomic mass is 10.0. The average Bonchev–Trinajstić information content (AvgIpc) is 3.26. The number of benzene rings is 1. The maximum Gasteiger partial charge on any atom is 0.189 e. The highest BCUT2D eigenvalue weighted by Gasteiger charge is 2.21. The molecule has 1 fully saturated rings. The molecule has 1 saturated carbocycles. The summed E-state index contributed by atoms with van der Waals surface area (Å²) < 4.78 is 11.2. The van der Waals surface area contributed by atoms with Crippen LogP contribution in [0.2, 0.25) is 0 Å². The molecule has 0 amide bonds. The van der Waals surface area contributed by atoms with Crippen molar-refractivity contribution in [3.8, 4) is 5.75 Å². The predicted molar refractivity (Wildman–Crippen MR) is 82.1 cm³/mol. The molecule has 1 atom stereocenters. The molecule has 0 saturated heterocycles. The first-order valence-electron chi connectivity index (χ1n) is 7.75. The third kappa shape index (κ3) is 4.80. The quantitative estimate of drug-likeness (QED) is 0.550. The van der Waals surface area contributed by atoms with E-state index >= 15 is 0 Å². The minimum Gasteiger partial charge on any atom is -0.467 e. The highest BCUT2D eigenvalue weighted by Crippen LogP contribution is 2.29. The van der Waals surface area contributed by atoms with Gasteiger partial charge in [-0.15, -0.1) is 0 Å². The summed E-state index contributed by atoms with van der Waals surface area (Å²) in [6, 6.07) is 6.77. The number of aryl methyl sites for hydroxylation is 1. The van der Waals surface area contributed by atoms with Crippen LogP contribution in [0.3, 0.4) is 0 Å². The number of hydrogen-bond acceptors (Lipinski definition) is 3. The van der Waals surface area contributed by atoms with E-state index in [9.17, 15) is 0 Å². The zero-order valence-electron chi connectivity index (χ0n) is 12.9. The summed E-state index contributed by atoms with van der Waals surface area (Å²) in [5, 5.41) is 3.50. The summed E-state index contributed by atoms with van der Waals surface area (Å²) >= 11 is 0. The van der Waals surface area contributed by atoms with Gasteiger partial charge in [0.1, 0.15) is 5.75 Å². The van der Waals surface area contributed by atoms with Crippen molar-refractivity contribution >= 4 is 0 Å². The van der Waals surface area contributed by atoms with Crippen molar-refractivity contribution in [3.63, 3.8) is 0 Å². The molecule has 0 spiro atoms. The van der Waals surface area contributed by atoms with Gasteiger partial charge in [0.25, 0.3) is 0 Å². The van der Waals surface area contributed by atoms with Crippen molar-refractivity contribution in [2.45, 2.75) is 46.1 Å². The summed E-state index contributed by atoms with van der Waals surface area (Å²) in [6.07, 6.45) is 3.79. The standard InChI is InChI=1S/C17H27NO2/c1-4-9-18-14(3)16-7-8-17(13(2)10-16)20-12-19-11-15-5-6-15/h7-8,10,14-15,18H,4-6,9,11-12H2,1-3H3. The Morgan fingerprint density at radius 1 is 1.35 bits per heavy atom. The minimum atomic E-state index is 0.361. The maximum atomic E-state index is 5.69. The van der Waals surface area contributed by atoms with E-state index in [1.54, 1.807) is 0 Å². The van der Waals surface area contributed by atoms with Gasteiger partial charge in [-0.3, -0.25) is 0 Å². The Morgan fingerprint density at radius 2 is 2.15 bits per heavy atom. The van der Waals surface area contributed by atoms with Crippen LogP contribution < -0.4 is 10.1 Å². The first kappa shape index (κ1) is 15.3. The third-order valence-electron chi connectivity index (χ3n) is 3.75. The van der Waals surface area contributed by atoms with E-state index in [4.69, 9.17) is 9.47 Å². The second-order valence-corrected chi connectivity index (χ2v) is 5.78. The molecule has 1 aliphatic carbocycles. The van der Waals surface area contributed by atoms with Crippen LogP contribution in [0.5, 0.6) is 5.75 Å². The van der Waals surface area contributed by atoms with Crippen molar-refractivity contribution in [2.24, 2.45) is 5.92 Å². The van der Waals surface area contributed by atoms with Crippen LogP contribution in [-0.4, -0.2) is 19.9 Å². The second-order valence-electron chi connectivity index (χ2n) is 5.78. The Hall–Kier alpha value is -1.06. The largest absolute Gasteiger partial charge is 0.467 e. The molecule has 0 radical (unpaired) electrons. The molecule has 0 aromatic heterocycles. The van der Waals surface area contributed by atoms with E-state index in [2.05, 4.69) is 44.3 Å². The van der Waals surface area contributed by atoms with Gasteiger partial charge in [0, 0.05) is 6.04 Å². The van der Waals surface area contributed by atoms with Gasteiger partial charge < -0.3 is 14.8 Å². The SMILES string of the molecule is CCCNC(C)c1ccc(OCOCC2CC2)c(C)c1. The Kier molecular flexibility index (Phi) is 5.86. The van der Waals surface area contributed by atoms with Crippen LogP contribution in [0.25, 0.3) is 0 Å². The predicted octanol–water partition coefficient (Wildman–Crippen LogP) is 3.82. The van der Waals surface area contributed by atoms with Crippen LogP contribution in [0.1, 0.15) is 50.3 Å². The average molecular weight is 277 g/mol. The zero-order chi connectivity index (χ0) is 14.4. The molecule has 1 aromatic carbocycles. The van der Waals surface area contributed by atoms with Crippen molar-refractivity contribution in [1.29, 1.82) is 0 Å². The maximum absolute atomic E-state index is 5.69. The summed E-state index contributed by atoms with van der Waals surface area (Å²) in [7, 11) is 0. The molecule has 0 bridgehead atoms. The minimum absolute atomic E-state index is 0.361. The van der Waals surface area contributed by atoms with Crippen LogP contribution in [0.15, 0.2) is 18.2 Å². The molecular formula is C17H27NO2. The van der Waals surface area contributed by atoms with Crippen molar-refractivity contribution in [1.82, 2.24) is 5.32 Å².